The molecule has 0 unspecified atom stereocenters. The molecule has 4 nitrogen and oxygen atoms in total. The minimum atomic E-state index is 0.215. The summed E-state index contributed by atoms with van der Waals surface area (Å²) in [5, 5.41) is 0. The lowest BCUT2D eigenvalue weighted by Crippen LogP contribution is -1.98. The number of anilines is 1. The lowest BCUT2D eigenvalue weighted by molar-refractivity contribution is 0.462. The molecule has 0 aliphatic carbocycles. The Bertz CT molecular complexity index is 479. The Labute approximate surface area is 102 Å². The van der Waals surface area contributed by atoms with Gasteiger partial charge in [-0.05, 0) is 31.2 Å². The van der Waals surface area contributed by atoms with E-state index in [1.54, 1.807) is 6.07 Å². The number of hydrogen-bond acceptors (Lipinski definition) is 4. The fraction of sp³-hybridized carbons (Fsp3) is 0.0909. The van der Waals surface area contributed by atoms with Gasteiger partial charge in [0, 0.05) is 16.2 Å². The Morgan fingerprint density at radius 2 is 1.88 bits per heavy atom. The smallest absolute Gasteiger partial charge is 0.224 e. The van der Waals surface area contributed by atoms with Gasteiger partial charge in [-0.2, -0.15) is 4.98 Å². The van der Waals surface area contributed by atoms with Crippen molar-refractivity contribution in [3.63, 3.8) is 0 Å². The van der Waals surface area contributed by atoms with E-state index in [4.69, 9.17) is 10.5 Å². The minimum Gasteiger partial charge on any atom is -0.439 e. The first kappa shape index (κ1) is 10.9. The van der Waals surface area contributed by atoms with Gasteiger partial charge in [0.2, 0.25) is 11.8 Å². The van der Waals surface area contributed by atoms with Crippen molar-refractivity contribution in [1.82, 2.24) is 9.97 Å². The van der Waals surface area contributed by atoms with Gasteiger partial charge in [-0.25, -0.2) is 4.98 Å². The number of benzene rings is 1. The quantitative estimate of drug-likeness (QED) is 0.918. The molecule has 1 heterocycles. The summed E-state index contributed by atoms with van der Waals surface area (Å²) in [4.78, 5) is 7.95. The number of aromatic nitrogens is 2. The molecule has 0 fully saturated rings. The first-order chi connectivity index (χ1) is 7.63. The van der Waals surface area contributed by atoms with Crippen LogP contribution in [0.2, 0.25) is 0 Å². The van der Waals surface area contributed by atoms with Crippen LogP contribution >= 0.6 is 15.9 Å². The van der Waals surface area contributed by atoms with Gasteiger partial charge in [0.25, 0.3) is 0 Å². The van der Waals surface area contributed by atoms with Crippen LogP contribution in [0, 0.1) is 6.92 Å². The summed E-state index contributed by atoms with van der Waals surface area (Å²) in [5.74, 6) is 1.38. The van der Waals surface area contributed by atoms with Crippen molar-refractivity contribution in [2.24, 2.45) is 0 Å². The monoisotopic (exact) mass is 279 g/mol. The fourth-order valence-corrected chi connectivity index (χ4v) is 1.50. The molecule has 1 aromatic carbocycles. The summed E-state index contributed by atoms with van der Waals surface area (Å²) >= 11 is 3.35. The summed E-state index contributed by atoms with van der Waals surface area (Å²) in [6.07, 6.45) is 0. The second-order valence-corrected chi connectivity index (χ2v) is 4.18. The van der Waals surface area contributed by atoms with E-state index >= 15 is 0 Å². The molecular formula is C11H10BrN3O. The average molecular weight is 280 g/mol. The molecule has 0 bridgehead atoms. The summed E-state index contributed by atoms with van der Waals surface area (Å²) in [6, 6.07) is 9.22. The van der Waals surface area contributed by atoms with Crippen LogP contribution in [0.15, 0.2) is 34.8 Å². The van der Waals surface area contributed by atoms with Crippen molar-refractivity contribution in [1.29, 1.82) is 0 Å². The highest BCUT2D eigenvalue weighted by atomic mass is 79.9. The lowest BCUT2D eigenvalue weighted by Gasteiger charge is -2.05. The molecule has 5 heteroatoms. The molecule has 0 spiro atoms. The number of hydrogen-bond donors (Lipinski definition) is 1. The fourth-order valence-electron chi connectivity index (χ4n) is 1.24. The van der Waals surface area contributed by atoms with E-state index < -0.39 is 0 Å². The summed E-state index contributed by atoms with van der Waals surface area (Å²) in [5.41, 5.74) is 6.30. The molecule has 0 aliphatic heterocycles. The van der Waals surface area contributed by atoms with Crippen molar-refractivity contribution in [2.75, 3.05) is 5.73 Å². The largest absolute Gasteiger partial charge is 0.439 e. The van der Waals surface area contributed by atoms with Gasteiger partial charge in [0.15, 0.2) is 0 Å². The Morgan fingerprint density at radius 3 is 2.50 bits per heavy atom. The van der Waals surface area contributed by atoms with E-state index in [1.165, 1.54) is 0 Å². The molecule has 16 heavy (non-hydrogen) atoms. The highest BCUT2D eigenvalue weighted by Gasteiger charge is 2.01. The highest BCUT2D eigenvalue weighted by Crippen LogP contribution is 2.22. The van der Waals surface area contributed by atoms with Crippen LogP contribution in [0.3, 0.4) is 0 Å². The van der Waals surface area contributed by atoms with Crippen LogP contribution in [0.25, 0.3) is 0 Å². The van der Waals surface area contributed by atoms with Crippen molar-refractivity contribution in [2.45, 2.75) is 6.92 Å². The van der Waals surface area contributed by atoms with Gasteiger partial charge < -0.3 is 10.5 Å². The van der Waals surface area contributed by atoms with Gasteiger partial charge in [-0.1, -0.05) is 15.9 Å². The van der Waals surface area contributed by atoms with Crippen LogP contribution < -0.4 is 10.5 Å². The van der Waals surface area contributed by atoms with Crippen LogP contribution in [0.5, 0.6) is 11.6 Å². The van der Waals surface area contributed by atoms with E-state index in [0.717, 1.165) is 10.2 Å². The van der Waals surface area contributed by atoms with Crippen LogP contribution in [-0.2, 0) is 0 Å². The van der Waals surface area contributed by atoms with Crippen LogP contribution in [0.1, 0.15) is 5.69 Å². The van der Waals surface area contributed by atoms with E-state index in [9.17, 15) is 0 Å². The number of halogens is 1. The van der Waals surface area contributed by atoms with E-state index in [-0.39, 0.29) is 5.95 Å². The van der Waals surface area contributed by atoms with Gasteiger partial charge in [0.1, 0.15) is 5.75 Å². The van der Waals surface area contributed by atoms with Gasteiger partial charge in [-0.15, -0.1) is 0 Å². The third-order valence-corrected chi connectivity index (χ3v) is 2.41. The van der Waals surface area contributed by atoms with Crippen LogP contribution in [0.4, 0.5) is 5.95 Å². The predicted molar refractivity (Wildman–Crippen MR) is 65.4 cm³/mol. The van der Waals surface area contributed by atoms with Gasteiger partial charge in [0.05, 0.1) is 0 Å². The predicted octanol–water partition coefficient (Wildman–Crippen LogP) is 2.92. The standard InChI is InChI=1S/C11H10BrN3O/c1-7-6-10(15-11(13)14-7)16-9-4-2-8(12)3-5-9/h2-6H,1H3,(H2,13,14,15). The topological polar surface area (TPSA) is 61.0 Å². The molecule has 82 valence electrons. The molecule has 0 amide bonds. The zero-order valence-corrected chi connectivity index (χ0v) is 10.2. The molecule has 0 saturated carbocycles. The Morgan fingerprint density at radius 1 is 1.19 bits per heavy atom. The maximum absolute atomic E-state index is 5.54. The molecular weight excluding hydrogens is 270 g/mol. The second-order valence-electron chi connectivity index (χ2n) is 3.26. The van der Waals surface area contributed by atoms with E-state index in [1.807, 2.05) is 31.2 Å². The zero-order chi connectivity index (χ0) is 11.5. The number of ether oxygens (including phenoxy) is 1. The van der Waals surface area contributed by atoms with Crippen LogP contribution in [-0.4, -0.2) is 9.97 Å². The Kier molecular flexibility index (Phi) is 3.05. The zero-order valence-electron chi connectivity index (χ0n) is 8.64. The SMILES string of the molecule is Cc1cc(Oc2ccc(Br)cc2)nc(N)n1. The van der Waals surface area contributed by atoms with Crippen molar-refractivity contribution in [3.05, 3.63) is 40.5 Å². The Hall–Kier alpha value is -1.62. The van der Waals surface area contributed by atoms with E-state index in [2.05, 4.69) is 25.9 Å². The maximum Gasteiger partial charge on any atom is 0.224 e. The van der Waals surface area contributed by atoms with Gasteiger partial charge >= 0.3 is 0 Å². The third-order valence-electron chi connectivity index (χ3n) is 1.88. The van der Waals surface area contributed by atoms with Gasteiger partial charge in [-0.3, -0.25) is 0 Å². The first-order valence-electron chi connectivity index (χ1n) is 4.68. The number of rotatable bonds is 2. The normalized spacial score (nSPS) is 10.1. The molecule has 0 radical (unpaired) electrons. The number of nitrogens with two attached hydrogens (primary N) is 1. The highest BCUT2D eigenvalue weighted by molar-refractivity contribution is 9.10. The third kappa shape index (κ3) is 2.70. The summed E-state index contributed by atoms with van der Waals surface area (Å²) in [7, 11) is 0. The maximum atomic E-state index is 5.54. The molecule has 0 aliphatic rings. The first-order valence-corrected chi connectivity index (χ1v) is 5.47. The number of nitrogens with zero attached hydrogens (tertiary/aromatic N) is 2. The average Bonchev–Trinajstić information content (AvgIpc) is 2.20. The van der Waals surface area contributed by atoms with Crippen molar-refractivity contribution >= 4 is 21.9 Å². The molecule has 1 aromatic heterocycles. The molecule has 0 saturated heterocycles. The molecule has 0 atom stereocenters. The molecule has 2 N–H and O–H groups in total. The van der Waals surface area contributed by atoms with Crippen molar-refractivity contribution < 1.29 is 4.74 Å². The lowest BCUT2D eigenvalue weighted by atomic mass is 10.3. The second kappa shape index (κ2) is 4.49. The minimum absolute atomic E-state index is 0.215. The summed E-state index contributed by atoms with van der Waals surface area (Å²) < 4.78 is 6.54. The molecule has 2 rings (SSSR count). The Balaban J connectivity index is 2.23. The van der Waals surface area contributed by atoms with Crippen molar-refractivity contribution in [3.8, 4) is 11.6 Å². The molecule has 2 aromatic rings. The number of nitrogen functional groups attached to an aromatic ring is 1. The number of aryl methyl sites for hydroxylation is 1. The van der Waals surface area contributed by atoms with E-state index in [0.29, 0.717) is 11.6 Å². The summed E-state index contributed by atoms with van der Waals surface area (Å²) in [6.45, 7) is 1.84.